The van der Waals surface area contributed by atoms with Gasteiger partial charge in [0.1, 0.15) is 0 Å². The molecule has 0 atom stereocenters. The van der Waals surface area contributed by atoms with Crippen molar-refractivity contribution in [3.05, 3.63) is 11.9 Å². The van der Waals surface area contributed by atoms with E-state index in [4.69, 9.17) is 0 Å². The molecule has 0 radical (unpaired) electrons. The second kappa shape index (κ2) is 5.00. The lowest BCUT2D eigenvalue weighted by Crippen LogP contribution is -1.97. The molecule has 0 bridgehead atoms. The molecule has 74 valence electrons. The average Bonchev–Trinajstić information content (AvgIpc) is 2.48. The highest BCUT2D eigenvalue weighted by Crippen LogP contribution is 2.04. The summed E-state index contributed by atoms with van der Waals surface area (Å²) in [6.07, 6.45) is 5.49. The van der Waals surface area contributed by atoms with E-state index >= 15 is 0 Å². The van der Waals surface area contributed by atoms with Crippen LogP contribution in [-0.4, -0.2) is 15.0 Å². The van der Waals surface area contributed by atoms with Gasteiger partial charge in [0.25, 0.3) is 0 Å². The second-order valence-electron chi connectivity index (χ2n) is 3.92. The zero-order valence-electron chi connectivity index (χ0n) is 8.82. The summed E-state index contributed by atoms with van der Waals surface area (Å²) in [5.41, 5.74) is 1.12. The lowest BCUT2D eigenvalue weighted by Gasteiger charge is -1.98. The van der Waals surface area contributed by atoms with Crippen molar-refractivity contribution in [1.82, 2.24) is 15.0 Å². The molecule has 0 spiro atoms. The summed E-state index contributed by atoms with van der Waals surface area (Å²) in [6.45, 7) is 7.59. The third-order valence-corrected chi connectivity index (χ3v) is 1.94. The molecule has 1 aromatic rings. The molecular weight excluding hydrogens is 162 g/mol. The summed E-state index contributed by atoms with van der Waals surface area (Å²) in [4.78, 5) is 0. The van der Waals surface area contributed by atoms with Crippen molar-refractivity contribution in [2.45, 2.75) is 46.6 Å². The van der Waals surface area contributed by atoms with Gasteiger partial charge in [-0.25, -0.2) is 0 Å². The molecule has 3 nitrogen and oxygen atoms in total. The zero-order valence-corrected chi connectivity index (χ0v) is 8.82. The van der Waals surface area contributed by atoms with Crippen LogP contribution in [0.2, 0.25) is 0 Å². The van der Waals surface area contributed by atoms with Crippen LogP contribution in [0.3, 0.4) is 0 Å². The Bertz CT molecular complexity index is 240. The minimum absolute atomic E-state index is 0.663. The molecule has 3 heteroatoms. The highest BCUT2D eigenvalue weighted by atomic mass is 15.4. The SMILES string of the molecule is CCCCn1cc(CC(C)C)nn1. The van der Waals surface area contributed by atoms with E-state index in [2.05, 4.69) is 37.3 Å². The van der Waals surface area contributed by atoms with Crippen molar-refractivity contribution in [2.24, 2.45) is 5.92 Å². The molecule has 0 saturated carbocycles. The van der Waals surface area contributed by atoms with Crippen LogP contribution in [0.15, 0.2) is 6.20 Å². The molecule has 1 aromatic heterocycles. The number of hydrogen-bond acceptors (Lipinski definition) is 2. The first-order valence-corrected chi connectivity index (χ1v) is 5.11. The number of rotatable bonds is 5. The summed E-state index contributed by atoms with van der Waals surface area (Å²) >= 11 is 0. The van der Waals surface area contributed by atoms with Gasteiger partial charge in [0.2, 0.25) is 0 Å². The second-order valence-corrected chi connectivity index (χ2v) is 3.92. The highest BCUT2D eigenvalue weighted by molar-refractivity contribution is 4.92. The third-order valence-electron chi connectivity index (χ3n) is 1.94. The van der Waals surface area contributed by atoms with Crippen molar-refractivity contribution >= 4 is 0 Å². The number of aromatic nitrogens is 3. The normalized spacial score (nSPS) is 11.1. The van der Waals surface area contributed by atoms with Crippen LogP contribution in [0.4, 0.5) is 0 Å². The van der Waals surface area contributed by atoms with Gasteiger partial charge in [-0.2, -0.15) is 0 Å². The van der Waals surface area contributed by atoms with Gasteiger partial charge in [0.05, 0.1) is 5.69 Å². The standard InChI is InChI=1S/C10H19N3/c1-4-5-6-13-8-10(11-12-13)7-9(2)3/h8-9H,4-7H2,1-3H3. The maximum absolute atomic E-state index is 4.12. The average molecular weight is 181 g/mol. The predicted octanol–water partition coefficient (Wildman–Crippen LogP) is 2.28. The van der Waals surface area contributed by atoms with E-state index in [1.54, 1.807) is 0 Å². The van der Waals surface area contributed by atoms with Gasteiger partial charge in [-0.05, 0) is 18.8 Å². The van der Waals surface area contributed by atoms with Gasteiger partial charge < -0.3 is 0 Å². The van der Waals surface area contributed by atoms with Crippen molar-refractivity contribution < 1.29 is 0 Å². The molecule has 1 heterocycles. The lowest BCUT2D eigenvalue weighted by molar-refractivity contribution is 0.552. The molecular formula is C10H19N3. The number of hydrogen-bond donors (Lipinski definition) is 0. The van der Waals surface area contributed by atoms with Crippen LogP contribution >= 0.6 is 0 Å². The minimum Gasteiger partial charge on any atom is -0.252 e. The molecule has 0 saturated heterocycles. The fourth-order valence-corrected chi connectivity index (χ4v) is 1.28. The largest absolute Gasteiger partial charge is 0.252 e. The number of unbranched alkanes of at least 4 members (excludes halogenated alkanes) is 1. The van der Waals surface area contributed by atoms with Crippen LogP contribution < -0.4 is 0 Å². The van der Waals surface area contributed by atoms with Gasteiger partial charge in [-0.1, -0.05) is 32.4 Å². The first-order valence-electron chi connectivity index (χ1n) is 5.11. The van der Waals surface area contributed by atoms with Gasteiger partial charge in [0.15, 0.2) is 0 Å². The van der Waals surface area contributed by atoms with Crippen LogP contribution in [0.5, 0.6) is 0 Å². The maximum atomic E-state index is 4.12. The van der Waals surface area contributed by atoms with Crippen molar-refractivity contribution in [3.8, 4) is 0 Å². The van der Waals surface area contributed by atoms with E-state index in [0.29, 0.717) is 5.92 Å². The first-order chi connectivity index (χ1) is 6.22. The molecule has 0 aromatic carbocycles. The molecule has 0 aliphatic heterocycles. The Morgan fingerprint density at radius 3 is 2.85 bits per heavy atom. The summed E-state index contributed by atoms with van der Waals surface area (Å²) in [5, 5.41) is 8.20. The lowest BCUT2D eigenvalue weighted by atomic mass is 10.1. The van der Waals surface area contributed by atoms with Gasteiger partial charge in [-0.3, -0.25) is 4.68 Å². The van der Waals surface area contributed by atoms with E-state index in [9.17, 15) is 0 Å². The fourth-order valence-electron chi connectivity index (χ4n) is 1.28. The highest BCUT2D eigenvalue weighted by Gasteiger charge is 2.02. The van der Waals surface area contributed by atoms with E-state index in [1.807, 2.05) is 4.68 Å². The van der Waals surface area contributed by atoms with E-state index in [1.165, 1.54) is 12.8 Å². The minimum atomic E-state index is 0.663. The Morgan fingerprint density at radius 2 is 2.23 bits per heavy atom. The summed E-state index contributed by atoms with van der Waals surface area (Å²) in [6, 6.07) is 0. The molecule has 0 fully saturated rings. The van der Waals surface area contributed by atoms with Crippen molar-refractivity contribution in [3.63, 3.8) is 0 Å². The number of nitrogens with zero attached hydrogens (tertiary/aromatic N) is 3. The Hall–Kier alpha value is -0.860. The van der Waals surface area contributed by atoms with Crippen LogP contribution in [0.25, 0.3) is 0 Å². The fraction of sp³-hybridized carbons (Fsp3) is 0.800. The van der Waals surface area contributed by atoms with Crippen LogP contribution in [0.1, 0.15) is 39.3 Å². The van der Waals surface area contributed by atoms with E-state index < -0.39 is 0 Å². The molecule has 0 aliphatic carbocycles. The smallest absolute Gasteiger partial charge is 0.0829 e. The molecule has 0 unspecified atom stereocenters. The van der Waals surface area contributed by atoms with Crippen molar-refractivity contribution in [1.29, 1.82) is 0 Å². The van der Waals surface area contributed by atoms with Gasteiger partial charge in [-0.15, -0.1) is 5.10 Å². The van der Waals surface area contributed by atoms with Gasteiger partial charge >= 0.3 is 0 Å². The zero-order chi connectivity index (χ0) is 9.68. The Balaban J connectivity index is 2.44. The molecule has 13 heavy (non-hydrogen) atoms. The molecule has 0 amide bonds. The molecule has 0 aliphatic rings. The summed E-state index contributed by atoms with van der Waals surface area (Å²) < 4.78 is 1.95. The Labute approximate surface area is 80.1 Å². The van der Waals surface area contributed by atoms with E-state index in [-0.39, 0.29) is 0 Å². The summed E-state index contributed by atoms with van der Waals surface area (Å²) in [5.74, 6) is 0.663. The van der Waals surface area contributed by atoms with Crippen LogP contribution in [0, 0.1) is 5.92 Å². The van der Waals surface area contributed by atoms with Gasteiger partial charge in [0, 0.05) is 12.7 Å². The van der Waals surface area contributed by atoms with E-state index in [0.717, 1.165) is 18.7 Å². The Morgan fingerprint density at radius 1 is 1.46 bits per heavy atom. The Kier molecular flexibility index (Phi) is 3.93. The number of aryl methyl sites for hydroxylation is 1. The van der Waals surface area contributed by atoms with Crippen molar-refractivity contribution in [2.75, 3.05) is 0 Å². The molecule has 1 rings (SSSR count). The molecule has 0 N–H and O–H groups in total. The third kappa shape index (κ3) is 3.57. The predicted molar refractivity (Wildman–Crippen MR) is 53.5 cm³/mol. The summed E-state index contributed by atoms with van der Waals surface area (Å²) in [7, 11) is 0. The quantitative estimate of drug-likeness (QED) is 0.697. The van der Waals surface area contributed by atoms with Crippen LogP contribution in [-0.2, 0) is 13.0 Å². The monoisotopic (exact) mass is 181 g/mol. The first kappa shape index (κ1) is 10.2. The topological polar surface area (TPSA) is 30.7 Å². The maximum Gasteiger partial charge on any atom is 0.0829 e.